The lowest BCUT2D eigenvalue weighted by Gasteiger charge is -2.15. The Morgan fingerprint density at radius 3 is 2.65 bits per heavy atom. The van der Waals surface area contributed by atoms with Crippen molar-refractivity contribution in [1.29, 1.82) is 0 Å². The minimum absolute atomic E-state index is 0. The van der Waals surface area contributed by atoms with Crippen LogP contribution < -0.4 is 20.1 Å². The van der Waals surface area contributed by atoms with Crippen LogP contribution in [0.4, 0.5) is 8.78 Å². The molecule has 0 radical (unpaired) electrons. The standard InChI is InChI=1S/C17H27F2N3O2S.HI/c1-4-20-17(21-10-7-11-25-3)22-12-13-8-6-9-14(23-5-2)15(13)24-16(18)19;/h6,8-9,16H,4-5,7,10-12H2,1-3H3,(H2,20,21,22);1H. The lowest BCUT2D eigenvalue weighted by molar-refractivity contribution is -0.0520. The number of thioether (sulfide) groups is 1. The number of ether oxygens (including phenoxy) is 2. The number of benzene rings is 1. The summed E-state index contributed by atoms with van der Waals surface area (Å²) in [4.78, 5) is 4.46. The number of hydrogen-bond donors (Lipinski definition) is 2. The van der Waals surface area contributed by atoms with Gasteiger partial charge in [-0.15, -0.1) is 24.0 Å². The Balaban J connectivity index is 0.00000625. The van der Waals surface area contributed by atoms with Crippen LogP contribution in [0.25, 0.3) is 0 Å². The molecule has 150 valence electrons. The molecule has 0 bridgehead atoms. The first-order valence-corrected chi connectivity index (χ1v) is 9.72. The number of nitrogens with one attached hydrogen (secondary N) is 2. The van der Waals surface area contributed by atoms with Gasteiger partial charge >= 0.3 is 6.61 Å². The third kappa shape index (κ3) is 9.65. The van der Waals surface area contributed by atoms with Gasteiger partial charge in [0.05, 0.1) is 13.2 Å². The van der Waals surface area contributed by atoms with E-state index >= 15 is 0 Å². The quantitative estimate of drug-likeness (QED) is 0.206. The van der Waals surface area contributed by atoms with Crippen LogP contribution in [0, 0.1) is 0 Å². The van der Waals surface area contributed by atoms with Crippen molar-refractivity contribution in [3.05, 3.63) is 23.8 Å². The molecule has 0 amide bonds. The van der Waals surface area contributed by atoms with Gasteiger partial charge < -0.3 is 20.1 Å². The molecule has 0 aromatic heterocycles. The molecule has 1 aromatic rings. The van der Waals surface area contributed by atoms with Crippen molar-refractivity contribution in [2.24, 2.45) is 4.99 Å². The maximum Gasteiger partial charge on any atom is 0.387 e. The van der Waals surface area contributed by atoms with Gasteiger partial charge in [0.2, 0.25) is 0 Å². The Labute approximate surface area is 175 Å². The third-order valence-corrected chi connectivity index (χ3v) is 3.83. The molecule has 0 saturated carbocycles. The number of rotatable bonds is 11. The molecule has 5 nitrogen and oxygen atoms in total. The fourth-order valence-corrected chi connectivity index (χ4v) is 2.54. The molecule has 2 N–H and O–H groups in total. The zero-order valence-corrected chi connectivity index (χ0v) is 18.5. The van der Waals surface area contributed by atoms with Gasteiger partial charge in [0.15, 0.2) is 17.5 Å². The number of nitrogens with zero attached hydrogens (tertiary/aromatic N) is 1. The monoisotopic (exact) mass is 503 g/mol. The minimum Gasteiger partial charge on any atom is -0.490 e. The number of aliphatic imine (C=N–C) groups is 1. The fraction of sp³-hybridized carbons (Fsp3) is 0.588. The molecule has 9 heteroatoms. The fourth-order valence-electron chi connectivity index (χ4n) is 2.11. The van der Waals surface area contributed by atoms with E-state index in [9.17, 15) is 8.78 Å². The smallest absolute Gasteiger partial charge is 0.387 e. The molecule has 0 aliphatic rings. The van der Waals surface area contributed by atoms with E-state index in [0.29, 0.717) is 30.4 Å². The van der Waals surface area contributed by atoms with E-state index < -0.39 is 6.61 Å². The number of hydrogen-bond acceptors (Lipinski definition) is 4. The highest BCUT2D eigenvalue weighted by Crippen LogP contribution is 2.33. The Morgan fingerprint density at radius 1 is 1.27 bits per heavy atom. The zero-order valence-electron chi connectivity index (χ0n) is 15.4. The van der Waals surface area contributed by atoms with Crippen LogP contribution in [0.3, 0.4) is 0 Å². The Hall–Kier alpha value is -0.970. The maximum atomic E-state index is 12.7. The summed E-state index contributed by atoms with van der Waals surface area (Å²) in [6.07, 6.45) is 3.08. The van der Waals surface area contributed by atoms with E-state index in [1.807, 2.05) is 6.92 Å². The molecule has 26 heavy (non-hydrogen) atoms. The molecule has 0 heterocycles. The van der Waals surface area contributed by atoms with Crippen LogP contribution in [0.1, 0.15) is 25.8 Å². The summed E-state index contributed by atoms with van der Waals surface area (Å²) in [6, 6.07) is 5.06. The minimum atomic E-state index is -2.91. The maximum absolute atomic E-state index is 12.7. The molecular formula is C17H28F2IN3O2S. The van der Waals surface area contributed by atoms with Gasteiger partial charge in [-0.3, -0.25) is 0 Å². The van der Waals surface area contributed by atoms with E-state index in [4.69, 9.17) is 4.74 Å². The Kier molecular flexibility index (Phi) is 14.6. The molecule has 1 aromatic carbocycles. The number of para-hydroxylation sites is 1. The Bertz CT molecular complexity index is 537. The van der Waals surface area contributed by atoms with Crippen molar-refractivity contribution in [3.8, 4) is 11.5 Å². The highest BCUT2D eigenvalue weighted by molar-refractivity contribution is 14.0. The average molecular weight is 503 g/mol. The van der Waals surface area contributed by atoms with E-state index in [0.717, 1.165) is 18.7 Å². The molecule has 0 aliphatic heterocycles. The predicted octanol–water partition coefficient (Wildman–Crippen LogP) is 4.11. The van der Waals surface area contributed by atoms with Crippen LogP contribution in [0.15, 0.2) is 23.2 Å². The summed E-state index contributed by atoms with van der Waals surface area (Å²) in [6.45, 7) is 2.94. The third-order valence-electron chi connectivity index (χ3n) is 3.14. The number of halogens is 3. The second kappa shape index (κ2) is 15.1. The molecule has 1 rings (SSSR count). The summed E-state index contributed by atoms with van der Waals surface area (Å²) in [5.41, 5.74) is 0.549. The molecule has 0 saturated heterocycles. The molecule has 0 fully saturated rings. The van der Waals surface area contributed by atoms with E-state index in [1.165, 1.54) is 0 Å². The molecule has 0 atom stereocenters. The van der Waals surface area contributed by atoms with Crippen LogP contribution in [-0.4, -0.2) is 44.3 Å². The van der Waals surface area contributed by atoms with Crippen molar-refractivity contribution >= 4 is 41.7 Å². The highest BCUT2D eigenvalue weighted by atomic mass is 127. The first-order chi connectivity index (χ1) is 12.1. The van der Waals surface area contributed by atoms with Gasteiger partial charge in [0.1, 0.15) is 0 Å². The second-order valence-corrected chi connectivity index (χ2v) is 6.01. The molecular weight excluding hydrogens is 475 g/mol. The molecule has 0 unspecified atom stereocenters. The Morgan fingerprint density at radius 2 is 2.04 bits per heavy atom. The zero-order chi connectivity index (χ0) is 18.5. The van der Waals surface area contributed by atoms with Crippen LogP contribution in [0.2, 0.25) is 0 Å². The second-order valence-electron chi connectivity index (χ2n) is 5.02. The van der Waals surface area contributed by atoms with Gasteiger partial charge in [0.25, 0.3) is 0 Å². The van der Waals surface area contributed by atoms with Crippen molar-refractivity contribution < 1.29 is 18.3 Å². The number of guanidine groups is 1. The number of alkyl halides is 2. The summed E-state index contributed by atoms with van der Waals surface area (Å²) < 4.78 is 35.5. The van der Waals surface area contributed by atoms with Crippen molar-refractivity contribution in [2.75, 3.05) is 31.7 Å². The van der Waals surface area contributed by atoms with Crippen molar-refractivity contribution in [1.82, 2.24) is 10.6 Å². The summed E-state index contributed by atoms with van der Waals surface area (Å²) in [5.74, 6) is 2.05. The topological polar surface area (TPSA) is 54.9 Å². The van der Waals surface area contributed by atoms with Crippen LogP contribution in [0.5, 0.6) is 11.5 Å². The van der Waals surface area contributed by atoms with Crippen LogP contribution in [-0.2, 0) is 6.54 Å². The van der Waals surface area contributed by atoms with E-state index in [1.54, 1.807) is 36.9 Å². The van der Waals surface area contributed by atoms with E-state index in [2.05, 4.69) is 26.6 Å². The lowest BCUT2D eigenvalue weighted by atomic mass is 10.2. The van der Waals surface area contributed by atoms with E-state index in [-0.39, 0.29) is 36.3 Å². The van der Waals surface area contributed by atoms with Gasteiger partial charge in [-0.2, -0.15) is 20.5 Å². The van der Waals surface area contributed by atoms with Gasteiger partial charge in [-0.05, 0) is 38.3 Å². The van der Waals surface area contributed by atoms with Gasteiger partial charge in [-0.1, -0.05) is 12.1 Å². The average Bonchev–Trinajstić information content (AvgIpc) is 2.58. The first kappa shape index (κ1) is 25.0. The predicted molar refractivity (Wildman–Crippen MR) is 115 cm³/mol. The normalized spacial score (nSPS) is 11.1. The summed E-state index contributed by atoms with van der Waals surface area (Å²) >= 11 is 1.79. The van der Waals surface area contributed by atoms with Gasteiger partial charge in [-0.25, -0.2) is 4.99 Å². The SMILES string of the molecule is CCNC(=NCc1cccc(OCC)c1OC(F)F)NCCCSC.I. The van der Waals surface area contributed by atoms with Crippen LogP contribution >= 0.6 is 35.7 Å². The first-order valence-electron chi connectivity index (χ1n) is 8.32. The summed E-state index contributed by atoms with van der Waals surface area (Å²) in [5, 5.41) is 6.37. The largest absolute Gasteiger partial charge is 0.490 e. The lowest BCUT2D eigenvalue weighted by Crippen LogP contribution is -2.37. The van der Waals surface area contributed by atoms with Crippen molar-refractivity contribution in [2.45, 2.75) is 33.4 Å². The highest BCUT2D eigenvalue weighted by Gasteiger charge is 2.15. The van der Waals surface area contributed by atoms with Crippen molar-refractivity contribution in [3.63, 3.8) is 0 Å². The molecule has 0 spiro atoms. The van der Waals surface area contributed by atoms with Gasteiger partial charge in [0, 0.05) is 18.7 Å². The molecule has 0 aliphatic carbocycles. The summed E-state index contributed by atoms with van der Waals surface area (Å²) in [7, 11) is 0.